The third-order valence-corrected chi connectivity index (χ3v) is 11.5. The van der Waals surface area contributed by atoms with Gasteiger partial charge in [0.05, 0.1) is 33.1 Å². The van der Waals surface area contributed by atoms with Crippen molar-refractivity contribution in [1.29, 1.82) is 0 Å². The highest BCUT2D eigenvalue weighted by atomic mass is 32.1. The Morgan fingerprint density at radius 1 is 0.429 bits per heavy atom. The first-order valence-electron chi connectivity index (χ1n) is 16.6. The predicted octanol–water partition coefficient (Wildman–Crippen LogP) is 11.9. The lowest BCUT2D eigenvalue weighted by Crippen LogP contribution is -1.93. The largest absolute Gasteiger partial charge is 0.309 e. The van der Waals surface area contributed by atoms with Crippen molar-refractivity contribution < 1.29 is 0 Å². The number of rotatable bonds is 2. The number of hydrogen-bond donors (Lipinski definition) is 0. The zero-order valence-corrected chi connectivity index (χ0v) is 26.9. The maximum absolute atomic E-state index is 5.28. The Kier molecular flexibility index (Phi) is 4.83. The van der Waals surface area contributed by atoms with Crippen molar-refractivity contribution in [1.82, 2.24) is 18.9 Å². The molecule has 0 amide bonds. The van der Waals surface area contributed by atoms with Crippen LogP contribution < -0.4 is 0 Å². The highest BCUT2D eigenvalue weighted by Gasteiger charge is 2.23. The first-order valence-corrected chi connectivity index (χ1v) is 17.4. The number of hydrogen-bond acceptors (Lipinski definition) is 3. The van der Waals surface area contributed by atoms with Gasteiger partial charge in [0.2, 0.25) is 0 Å². The Hall–Kier alpha value is -6.30. The summed E-state index contributed by atoms with van der Waals surface area (Å²) in [5.74, 6) is 0. The number of para-hydroxylation sites is 4. The van der Waals surface area contributed by atoms with E-state index in [-0.39, 0.29) is 0 Å². The van der Waals surface area contributed by atoms with Gasteiger partial charge in [-0.25, -0.2) is 9.97 Å². The molecule has 0 N–H and O–H groups in total. The van der Waals surface area contributed by atoms with Crippen molar-refractivity contribution in [3.63, 3.8) is 0 Å². The second kappa shape index (κ2) is 9.19. The minimum Gasteiger partial charge on any atom is -0.309 e. The van der Waals surface area contributed by atoms with E-state index < -0.39 is 0 Å². The lowest BCUT2D eigenvalue weighted by atomic mass is 9.98. The van der Waals surface area contributed by atoms with Crippen LogP contribution >= 0.6 is 11.3 Å². The summed E-state index contributed by atoms with van der Waals surface area (Å²) in [5, 5.41) is 8.64. The molecule has 12 rings (SSSR count). The Morgan fingerprint density at radius 3 is 2.00 bits per heavy atom. The van der Waals surface area contributed by atoms with Gasteiger partial charge in [-0.3, -0.25) is 4.40 Å². The standard InChI is InChI=1S/C44H24N4S/c1-2-10-27(11-3-1)47-37-16-8-4-12-28(37)30-23-39-31(24-38(30)47)33-21-26(25-18-19-41-32(20-25)29-13-5-9-17-40(29)49-41)22-34-42-44(48(39)43(33)34)46-36-15-7-6-14-35(36)45-42/h1-24H. The molecular weight excluding hydrogens is 617 g/mol. The molecule has 49 heavy (non-hydrogen) atoms. The van der Waals surface area contributed by atoms with Crippen molar-refractivity contribution in [2.24, 2.45) is 0 Å². The molecule has 7 aromatic carbocycles. The Balaban J connectivity index is 1.26. The minimum absolute atomic E-state index is 0.899. The monoisotopic (exact) mass is 640 g/mol. The molecule has 0 saturated heterocycles. The quantitative estimate of drug-likeness (QED) is 0.188. The third-order valence-electron chi connectivity index (χ3n) is 10.4. The lowest BCUT2D eigenvalue weighted by Gasteiger charge is -2.08. The molecule has 12 aromatic rings. The first kappa shape index (κ1) is 25.7. The molecule has 0 aliphatic rings. The summed E-state index contributed by atoms with van der Waals surface area (Å²) in [6, 6.07) is 52.8. The van der Waals surface area contributed by atoms with Crippen LogP contribution in [0.25, 0.3) is 108 Å². The van der Waals surface area contributed by atoms with E-state index in [1.54, 1.807) is 0 Å². The van der Waals surface area contributed by atoms with E-state index in [0.717, 1.165) is 38.8 Å². The fourth-order valence-corrected chi connectivity index (χ4v) is 9.35. The number of aromatic nitrogens is 4. The van der Waals surface area contributed by atoms with Gasteiger partial charge in [0.25, 0.3) is 0 Å². The SMILES string of the molecule is c1ccc(-n2c3ccccc3c3cc4c(cc32)c2cc(-c3ccc5sc6ccccc6c5c3)cc3c5nc6ccccc6nc5n4c23)cc1. The minimum atomic E-state index is 0.899. The molecule has 5 heterocycles. The van der Waals surface area contributed by atoms with Crippen molar-refractivity contribution in [3.8, 4) is 16.8 Å². The van der Waals surface area contributed by atoms with Gasteiger partial charge >= 0.3 is 0 Å². The number of benzene rings is 7. The highest BCUT2D eigenvalue weighted by Crippen LogP contribution is 2.45. The normalized spacial score (nSPS) is 12.5. The molecule has 0 unspecified atom stereocenters. The Morgan fingerprint density at radius 2 is 1.10 bits per heavy atom. The van der Waals surface area contributed by atoms with Crippen molar-refractivity contribution in [2.45, 2.75) is 0 Å². The van der Waals surface area contributed by atoms with Gasteiger partial charge in [0.15, 0.2) is 5.65 Å². The molecule has 0 aliphatic heterocycles. The van der Waals surface area contributed by atoms with E-state index in [1.807, 2.05) is 23.5 Å². The van der Waals surface area contributed by atoms with Gasteiger partial charge < -0.3 is 4.57 Å². The van der Waals surface area contributed by atoms with E-state index >= 15 is 0 Å². The molecule has 0 radical (unpaired) electrons. The molecule has 0 bridgehead atoms. The van der Waals surface area contributed by atoms with Gasteiger partial charge in [-0.15, -0.1) is 11.3 Å². The van der Waals surface area contributed by atoms with Crippen LogP contribution in [0.2, 0.25) is 0 Å². The average molecular weight is 641 g/mol. The van der Waals surface area contributed by atoms with E-state index in [0.29, 0.717) is 0 Å². The second-order valence-corrected chi connectivity index (χ2v) is 14.1. The summed E-state index contributed by atoms with van der Waals surface area (Å²) < 4.78 is 7.40. The highest BCUT2D eigenvalue weighted by molar-refractivity contribution is 7.25. The van der Waals surface area contributed by atoms with Gasteiger partial charge in [-0.2, -0.15) is 0 Å². The van der Waals surface area contributed by atoms with Crippen LogP contribution in [0.3, 0.4) is 0 Å². The molecule has 5 heteroatoms. The third kappa shape index (κ3) is 3.37. The van der Waals surface area contributed by atoms with E-state index in [9.17, 15) is 0 Å². The van der Waals surface area contributed by atoms with E-state index in [1.165, 1.54) is 69.4 Å². The second-order valence-electron chi connectivity index (χ2n) is 13.0. The maximum atomic E-state index is 5.28. The van der Waals surface area contributed by atoms with Gasteiger partial charge in [0, 0.05) is 52.8 Å². The van der Waals surface area contributed by atoms with E-state index in [2.05, 4.69) is 142 Å². The molecular formula is C44H24N4S. The van der Waals surface area contributed by atoms with E-state index in [4.69, 9.17) is 9.97 Å². The topological polar surface area (TPSA) is 35.1 Å². The number of fused-ring (bicyclic) bond motifs is 13. The van der Waals surface area contributed by atoms with Crippen LogP contribution in [0, 0.1) is 0 Å². The molecule has 0 spiro atoms. The van der Waals surface area contributed by atoms with Crippen LogP contribution in [0.5, 0.6) is 0 Å². The van der Waals surface area contributed by atoms with Crippen LogP contribution in [0.1, 0.15) is 0 Å². The summed E-state index contributed by atoms with van der Waals surface area (Å²) in [4.78, 5) is 10.5. The average Bonchev–Trinajstić information content (AvgIpc) is 3.88. The predicted molar refractivity (Wildman–Crippen MR) is 207 cm³/mol. The molecule has 0 fully saturated rings. The summed E-state index contributed by atoms with van der Waals surface area (Å²) in [5.41, 5.74) is 11.9. The molecule has 0 aliphatic carbocycles. The smallest absolute Gasteiger partial charge is 0.165 e. The van der Waals surface area contributed by atoms with Gasteiger partial charge in [-0.05, 0) is 83.9 Å². The maximum Gasteiger partial charge on any atom is 0.165 e. The summed E-state index contributed by atoms with van der Waals surface area (Å²) in [6.45, 7) is 0. The molecule has 226 valence electrons. The van der Waals surface area contributed by atoms with Crippen LogP contribution in [0.4, 0.5) is 0 Å². The lowest BCUT2D eigenvalue weighted by molar-refractivity contribution is 1.18. The summed E-state index contributed by atoms with van der Waals surface area (Å²) in [7, 11) is 0. The number of thiophene rings is 1. The fourth-order valence-electron chi connectivity index (χ4n) is 8.26. The van der Waals surface area contributed by atoms with Gasteiger partial charge in [0.1, 0.15) is 5.52 Å². The van der Waals surface area contributed by atoms with Crippen LogP contribution in [-0.4, -0.2) is 18.9 Å². The molecule has 5 aromatic heterocycles. The van der Waals surface area contributed by atoms with Crippen molar-refractivity contribution >= 4 is 103 Å². The van der Waals surface area contributed by atoms with Crippen LogP contribution in [0.15, 0.2) is 146 Å². The van der Waals surface area contributed by atoms with Crippen molar-refractivity contribution in [3.05, 3.63) is 146 Å². The zero-order chi connectivity index (χ0) is 31.8. The first-order chi connectivity index (χ1) is 24.3. The summed E-state index contributed by atoms with van der Waals surface area (Å²) >= 11 is 1.86. The molecule has 0 saturated carbocycles. The van der Waals surface area contributed by atoms with Crippen molar-refractivity contribution in [2.75, 3.05) is 0 Å². The Labute approximate surface area is 283 Å². The van der Waals surface area contributed by atoms with Gasteiger partial charge in [-0.1, -0.05) is 72.8 Å². The number of nitrogens with zero attached hydrogens (tertiary/aromatic N) is 4. The molecule has 4 nitrogen and oxygen atoms in total. The zero-order valence-electron chi connectivity index (χ0n) is 26.1. The fraction of sp³-hybridized carbons (Fsp3) is 0. The summed E-state index contributed by atoms with van der Waals surface area (Å²) in [6.07, 6.45) is 0. The molecule has 0 atom stereocenters. The Bertz CT molecular complexity index is 3330. The van der Waals surface area contributed by atoms with Crippen LogP contribution in [-0.2, 0) is 0 Å².